The molecule has 0 aromatic carbocycles. The molecule has 0 bridgehead atoms. The predicted molar refractivity (Wildman–Crippen MR) is 67.0 cm³/mol. The van der Waals surface area contributed by atoms with Gasteiger partial charge in [-0.1, -0.05) is 46.0 Å². The maximum Gasteiger partial charge on any atom is 0.0715 e. The molecule has 0 aromatic rings. The maximum absolute atomic E-state index is 9.01. The first-order valence-corrected chi connectivity index (χ1v) is 6.38. The average molecular weight is 210 g/mol. The Hall–Kier alpha value is -0.520. The molecule has 0 atom stereocenters. The van der Waals surface area contributed by atoms with Crippen LogP contribution in [-0.4, -0.2) is 11.7 Å². The van der Waals surface area contributed by atoms with Crippen LogP contribution in [0.3, 0.4) is 0 Å². The van der Waals surface area contributed by atoms with E-state index in [4.69, 9.17) is 5.11 Å². The minimum Gasteiger partial charge on any atom is -0.391 e. The summed E-state index contributed by atoms with van der Waals surface area (Å²) in [6.45, 7) is 4.53. The number of hydrogen-bond donors (Lipinski definition) is 1. The molecule has 0 aromatic heterocycles. The van der Waals surface area contributed by atoms with E-state index in [1.165, 1.54) is 32.1 Å². The lowest BCUT2D eigenvalue weighted by molar-refractivity contribution is 0.326. The van der Waals surface area contributed by atoms with Crippen molar-refractivity contribution in [3.8, 4) is 0 Å². The van der Waals surface area contributed by atoms with E-state index in [-0.39, 0.29) is 6.61 Å². The van der Waals surface area contributed by atoms with Crippen molar-refractivity contribution in [3.63, 3.8) is 0 Å². The van der Waals surface area contributed by atoms with Crippen molar-refractivity contribution >= 4 is 0 Å². The van der Waals surface area contributed by atoms with Crippen LogP contribution in [0, 0.1) is 0 Å². The Morgan fingerprint density at radius 3 is 2.40 bits per heavy atom. The van der Waals surface area contributed by atoms with Crippen LogP contribution in [0.15, 0.2) is 17.4 Å². The van der Waals surface area contributed by atoms with E-state index in [0.717, 1.165) is 24.8 Å². The monoisotopic (exact) mass is 210 g/mol. The van der Waals surface area contributed by atoms with Gasteiger partial charge in [0.15, 0.2) is 0 Å². The lowest BCUT2D eigenvalue weighted by Crippen LogP contribution is -1.87. The normalized spacial score (nSPS) is 9.80. The molecule has 0 aliphatic rings. The maximum atomic E-state index is 9.01. The van der Waals surface area contributed by atoms with Gasteiger partial charge < -0.3 is 5.11 Å². The Morgan fingerprint density at radius 1 is 1.07 bits per heavy atom. The second-order valence-corrected chi connectivity index (χ2v) is 4.06. The summed E-state index contributed by atoms with van der Waals surface area (Å²) in [4.78, 5) is 0. The van der Waals surface area contributed by atoms with Crippen LogP contribution < -0.4 is 0 Å². The molecule has 1 N–H and O–H groups in total. The summed E-state index contributed by atoms with van der Waals surface area (Å²) >= 11 is 0. The third-order valence-electron chi connectivity index (χ3n) is 2.50. The number of aliphatic hydroxyl groups excluding tert-OH is 1. The molecular formula is C14H26O. The topological polar surface area (TPSA) is 20.2 Å². The van der Waals surface area contributed by atoms with Crippen molar-refractivity contribution < 1.29 is 5.11 Å². The first kappa shape index (κ1) is 14.5. The van der Waals surface area contributed by atoms with Gasteiger partial charge in [-0.15, -0.1) is 5.73 Å². The zero-order valence-corrected chi connectivity index (χ0v) is 10.4. The van der Waals surface area contributed by atoms with Crippen molar-refractivity contribution in [3.05, 3.63) is 17.4 Å². The van der Waals surface area contributed by atoms with Crippen LogP contribution in [0.4, 0.5) is 0 Å². The Balaban J connectivity index is 3.57. The molecule has 0 rings (SSSR count). The molecule has 0 aliphatic carbocycles. The van der Waals surface area contributed by atoms with Crippen LogP contribution in [0.2, 0.25) is 0 Å². The molecular weight excluding hydrogens is 184 g/mol. The highest BCUT2D eigenvalue weighted by Crippen LogP contribution is 2.06. The minimum atomic E-state index is 0.167. The van der Waals surface area contributed by atoms with Gasteiger partial charge in [0.05, 0.1) is 6.61 Å². The van der Waals surface area contributed by atoms with E-state index in [0.29, 0.717) is 0 Å². The zero-order valence-electron chi connectivity index (χ0n) is 10.4. The zero-order chi connectivity index (χ0) is 11.4. The lowest BCUT2D eigenvalue weighted by Gasteiger charge is -1.97. The van der Waals surface area contributed by atoms with E-state index in [1.54, 1.807) is 0 Å². The number of aliphatic hydroxyl groups is 1. The van der Waals surface area contributed by atoms with Gasteiger partial charge in [0.25, 0.3) is 0 Å². The molecule has 0 saturated heterocycles. The molecule has 0 amide bonds. The first-order chi connectivity index (χ1) is 7.35. The highest BCUT2D eigenvalue weighted by molar-refractivity contribution is 5.01. The molecule has 0 saturated carbocycles. The molecule has 1 nitrogen and oxygen atoms in total. The largest absolute Gasteiger partial charge is 0.391 e. The smallest absolute Gasteiger partial charge is 0.0715 e. The second-order valence-electron chi connectivity index (χ2n) is 4.06. The van der Waals surface area contributed by atoms with Gasteiger partial charge in [0.2, 0.25) is 0 Å². The summed E-state index contributed by atoms with van der Waals surface area (Å²) in [6, 6.07) is 0. The summed E-state index contributed by atoms with van der Waals surface area (Å²) < 4.78 is 0. The summed E-state index contributed by atoms with van der Waals surface area (Å²) in [5.74, 6) is 0. The van der Waals surface area contributed by atoms with Crippen molar-refractivity contribution in [2.45, 2.75) is 65.2 Å². The number of rotatable bonds is 9. The Kier molecular flexibility index (Phi) is 11.2. The molecule has 0 aliphatic heterocycles. The van der Waals surface area contributed by atoms with Gasteiger partial charge in [0, 0.05) is 0 Å². The van der Waals surface area contributed by atoms with Crippen LogP contribution in [0.5, 0.6) is 0 Å². The van der Waals surface area contributed by atoms with Crippen LogP contribution in [-0.2, 0) is 0 Å². The predicted octanol–water partition coefficient (Wildman–Crippen LogP) is 4.22. The van der Waals surface area contributed by atoms with Gasteiger partial charge in [-0.05, 0) is 30.9 Å². The molecule has 0 heterocycles. The Morgan fingerprint density at radius 2 is 1.80 bits per heavy atom. The van der Waals surface area contributed by atoms with Crippen molar-refractivity contribution in [1.29, 1.82) is 0 Å². The lowest BCUT2D eigenvalue weighted by atomic mass is 10.1. The summed E-state index contributed by atoms with van der Waals surface area (Å²) in [5, 5.41) is 9.01. The van der Waals surface area contributed by atoms with E-state index in [2.05, 4.69) is 25.7 Å². The van der Waals surface area contributed by atoms with E-state index in [9.17, 15) is 0 Å². The van der Waals surface area contributed by atoms with Crippen LogP contribution in [0.1, 0.15) is 65.2 Å². The van der Waals surface area contributed by atoms with Crippen LogP contribution >= 0.6 is 0 Å². The molecule has 0 spiro atoms. The quantitative estimate of drug-likeness (QED) is 0.446. The fraction of sp³-hybridized carbons (Fsp3) is 0.786. The standard InChI is InChI=1S/C14H26O/c1-3-5-6-7-8-9-10-12-14(13-15)11-4-2/h10,15H,3-9,11,13H2,1-2H3. The fourth-order valence-electron chi connectivity index (χ4n) is 1.57. The highest BCUT2D eigenvalue weighted by Gasteiger charge is 1.90. The summed E-state index contributed by atoms with van der Waals surface area (Å²) in [7, 11) is 0. The van der Waals surface area contributed by atoms with Crippen molar-refractivity contribution in [2.24, 2.45) is 0 Å². The minimum absolute atomic E-state index is 0.167. The fourth-order valence-corrected chi connectivity index (χ4v) is 1.57. The second kappa shape index (κ2) is 11.6. The number of unbranched alkanes of at least 4 members (excludes halogenated alkanes) is 5. The third-order valence-corrected chi connectivity index (χ3v) is 2.50. The highest BCUT2D eigenvalue weighted by atomic mass is 16.3. The molecule has 15 heavy (non-hydrogen) atoms. The van der Waals surface area contributed by atoms with Crippen molar-refractivity contribution in [2.75, 3.05) is 6.61 Å². The van der Waals surface area contributed by atoms with E-state index >= 15 is 0 Å². The molecule has 0 fully saturated rings. The Bertz CT molecular complexity index is 188. The number of hydrogen-bond acceptors (Lipinski definition) is 1. The van der Waals surface area contributed by atoms with Gasteiger partial charge in [-0.3, -0.25) is 0 Å². The third kappa shape index (κ3) is 9.78. The average Bonchev–Trinajstić information content (AvgIpc) is 2.26. The van der Waals surface area contributed by atoms with Gasteiger partial charge >= 0.3 is 0 Å². The molecule has 1 heteroatoms. The Labute approximate surface area is 94.9 Å². The summed E-state index contributed by atoms with van der Waals surface area (Å²) in [6.07, 6.45) is 11.9. The van der Waals surface area contributed by atoms with E-state index in [1.807, 2.05) is 0 Å². The molecule has 0 radical (unpaired) electrons. The van der Waals surface area contributed by atoms with Gasteiger partial charge in [0.1, 0.15) is 0 Å². The van der Waals surface area contributed by atoms with Gasteiger partial charge in [-0.2, -0.15) is 0 Å². The summed E-state index contributed by atoms with van der Waals surface area (Å²) in [5.41, 5.74) is 4.25. The van der Waals surface area contributed by atoms with Gasteiger partial charge in [-0.25, -0.2) is 0 Å². The SMILES string of the molecule is CCCCCCCC=C=C(CO)CCC. The van der Waals surface area contributed by atoms with Crippen LogP contribution in [0.25, 0.3) is 0 Å². The first-order valence-electron chi connectivity index (χ1n) is 6.38. The van der Waals surface area contributed by atoms with E-state index < -0.39 is 0 Å². The van der Waals surface area contributed by atoms with Crippen molar-refractivity contribution in [1.82, 2.24) is 0 Å². The molecule has 0 unspecified atom stereocenters. The molecule has 88 valence electrons.